The van der Waals surface area contributed by atoms with Gasteiger partial charge in [0.25, 0.3) is 0 Å². The molecule has 1 amide bonds. The number of methoxy groups -OCH3 is 1. The molecule has 0 aliphatic rings. The standard InChI is InChI=1S/C22H24N2O2S/c1-15-4-5-18(12-16(15)2)13-21(25)24-22-23-20(14-27-22)19-8-6-17(7-9-19)10-11-26-3/h4-9,12,14H,10-11,13H2,1-3H3,(H,23,24,25). The number of thiazole rings is 1. The summed E-state index contributed by atoms with van der Waals surface area (Å²) in [5.41, 5.74) is 6.60. The number of nitrogens with one attached hydrogen (secondary N) is 1. The minimum absolute atomic E-state index is 0.0472. The molecular formula is C22H24N2O2S. The molecule has 0 unspecified atom stereocenters. The van der Waals surface area contributed by atoms with Gasteiger partial charge in [-0.1, -0.05) is 42.5 Å². The molecule has 140 valence electrons. The highest BCUT2D eigenvalue weighted by Crippen LogP contribution is 2.25. The number of nitrogens with zero attached hydrogens (tertiary/aromatic N) is 1. The van der Waals surface area contributed by atoms with E-state index in [2.05, 4.69) is 60.5 Å². The van der Waals surface area contributed by atoms with E-state index >= 15 is 0 Å². The summed E-state index contributed by atoms with van der Waals surface area (Å²) in [5, 5.41) is 5.50. The summed E-state index contributed by atoms with van der Waals surface area (Å²) < 4.78 is 5.10. The molecule has 4 nitrogen and oxygen atoms in total. The molecule has 0 aliphatic carbocycles. The quantitative estimate of drug-likeness (QED) is 0.641. The number of hydrogen-bond donors (Lipinski definition) is 1. The van der Waals surface area contributed by atoms with Crippen molar-refractivity contribution < 1.29 is 9.53 Å². The van der Waals surface area contributed by atoms with Crippen molar-refractivity contribution in [2.24, 2.45) is 0 Å². The van der Waals surface area contributed by atoms with Crippen molar-refractivity contribution in [2.75, 3.05) is 19.0 Å². The lowest BCUT2D eigenvalue weighted by Gasteiger charge is -2.05. The Balaban J connectivity index is 1.61. The van der Waals surface area contributed by atoms with Gasteiger partial charge in [0.15, 0.2) is 5.13 Å². The Hall–Kier alpha value is -2.50. The van der Waals surface area contributed by atoms with Gasteiger partial charge in [0.2, 0.25) is 5.91 Å². The third kappa shape index (κ3) is 5.25. The number of rotatable bonds is 7. The van der Waals surface area contributed by atoms with E-state index in [0.717, 1.165) is 23.2 Å². The van der Waals surface area contributed by atoms with Gasteiger partial charge < -0.3 is 10.1 Å². The highest BCUT2D eigenvalue weighted by Gasteiger charge is 2.09. The lowest BCUT2D eigenvalue weighted by Crippen LogP contribution is -2.14. The molecule has 3 aromatic rings. The Kier molecular flexibility index (Phi) is 6.37. The summed E-state index contributed by atoms with van der Waals surface area (Å²) in [6, 6.07) is 14.4. The Morgan fingerprint density at radius 3 is 2.52 bits per heavy atom. The maximum Gasteiger partial charge on any atom is 0.230 e. The summed E-state index contributed by atoms with van der Waals surface area (Å²) >= 11 is 1.44. The average Bonchev–Trinajstić information content (AvgIpc) is 3.11. The first-order valence-electron chi connectivity index (χ1n) is 8.95. The fourth-order valence-corrected chi connectivity index (χ4v) is 3.52. The van der Waals surface area contributed by atoms with Gasteiger partial charge in [-0.05, 0) is 42.5 Å². The fraction of sp³-hybridized carbons (Fsp3) is 0.273. The summed E-state index contributed by atoms with van der Waals surface area (Å²) in [6.07, 6.45) is 1.25. The molecule has 0 radical (unpaired) electrons. The first kappa shape index (κ1) is 19.3. The first-order chi connectivity index (χ1) is 13.0. The highest BCUT2D eigenvalue weighted by atomic mass is 32.1. The van der Waals surface area contributed by atoms with Gasteiger partial charge in [0.05, 0.1) is 18.7 Å². The van der Waals surface area contributed by atoms with Gasteiger partial charge >= 0.3 is 0 Å². The summed E-state index contributed by atoms with van der Waals surface area (Å²) in [7, 11) is 1.71. The maximum absolute atomic E-state index is 12.3. The van der Waals surface area contributed by atoms with Crippen molar-refractivity contribution in [3.05, 3.63) is 70.1 Å². The molecule has 0 spiro atoms. The van der Waals surface area contributed by atoms with E-state index < -0.39 is 0 Å². The van der Waals surface area contributed by atoms with Crippen LogP contribution in [0.5, 0.6) is 0 Å². The fourth-order valence-electron chi connectivity index (χ4n) is 2.79. The zero-order valence-electron chi connectivity index (χ0n) is 15.9. The number of ether oxygens (including phenoxy) is 1. The third-order valence-electron chi connectivity index (χ3n) is 4.53. The van der Waals surface area contributed by atoms with E-state index in [9.17, 15) is 4.79 Å². The van der Waals surface area contributed by atoms with E-state index in [-0.39, 0.29) is 5.91 Å². The molecule has 1 heterocycles. The highest BCUT2D eigenvalue weighted by molar-refractivity contribution is 7.14. The first-order valence-corrected chi connectivity index (χ1v) is 9.83. The van der Waals surface area contributed by atoms with E-state index in [1.165, 1.54) is 28.0 Å². The third-order valence-corrected chi connectivity index (χ3v) is 5.29. The van der Waals surface area contributed by atoms with Crippen LogP contribution in [0.3, 0.4) is 0 Å². The maximum atomic E-state index is 12.3. The van der Waals surface area contributed by atoms with Crippen molar-refractivity contribution in [1.82, 2.24) is 4.98 Å². The Bertz CT molecular complexity index is 916. The Labute approximate surface area is 164 Å². The van der Waals surface area contributed by atoms with E-state index in [1.54, 1.807) is 7.11 Å². The number of hydrogen-bond acceptors (Lipinski definition) is 4. The SMILES string of the molecule is COCCc1ccc(-c2csc(NC(=O)Cc3ccc(C)c(C)c3)n2)cc1. The average molecular weight is 381 g/mol. The molecule has 0 aliphatic heterocycles. The predicted octanol–water partition coefficient (Wildman–Crippen LogP) is 4.80. The van der Waals surface area contributed by atoms with Crippen molar-refractivity contribution in [1.29, 1.82) is 0 Å². The second-order valence-corrected chi connectivity index (χ2v) is 7.48. The molecule has 1 N–H and O–H groups in total. The van der Waals surface area contributed by atoms with Crippen molar-refractivity contribution in [3.8, 4) is 11.3 Å². The molecular weight excluding hydrogens is 356 g/mol. The number of carbonyl (C=O) groups excluding carboxylic acids is 1. The second-order valence-electron chi connectivity index (χ2n) is 6.62. The number of aryl methyl sites for hydroxylation is 2. The normalized spacial score (nSPS) is 10.8. The van der Waals surface area contributed by atoms with Gasteiger partial charge in [-0.3, -0.25) is 4.79 Å². The van der Waals surface area contributed by atoms with Gasteiger partial charge in [-0.2, -0.15) is 0 Å². The van der Waals surface area contributed by atoms with Gasteiger partial charge in [-0.25, -0.2) is 4.98 Å². The van der Waals surface area contributed by atoms with Gasteiger partial charge in [0.1, 0.15) is 0 Å². The van der Waals surface area contributed by atoms with Crippen molar-refractivity contribution in [2.45, 2.75) is 26.7 Å². The second kappa shape index (κ2) is 8.93. The number of anilines is 1. The summed E-state index contributed by atoms with van der Waals surface area (Å²) in [6.45, 7) is 4.84. The van der Waals surface area contributed by atoms with Crippen LogP contribution in [0.25, 0.3) is 11.3 Å². The number of amides is 1. The van der Waals surface area contributed by atoms with Crippen LogP contribution in [0.2, 0.25) is 0 Å². The topological polar surface area (TPSA) is 51.2 Å². The Morgan fingerprint density at radius 1 is 1.07 bits per heavy atom. The van der Waals surface area contributed by atoms with Crippen LogP contribution in [0.4, 0.5) is 5.13 Å². The lowest BCUT2D eigenvalue weighted by atomic mass is 10.0. The number of aromatic nitrogens is 1. The molecule has 5 heteroatoms. The molecule has 0 bridgehead atoms. The molecule has 3 rings (SSSR count). The zero-order chi connectivity index (χ0) is 19.2. The van der Waals surface area contributed by atoms with E-state index in [1.807, 2.05) is 11.4 Å². The molecule has 27 heavy (non-hydrogen) atoms. The van der Waals surface area contributed by atoms with Crippen LogP contribution in [0.15, 0.2) is 47.8 Å². The Morgan fingerprint density at radius 2 is 1.81 bits per heavy atom. The number of benzene rings is 2. The lowest BCUT2D eigenvalue weighted by molar-refractivity contribution is -0.115. The van der Waals surface area contributed by atoms with Crippen molar-refractivity contribution >= 4 is 22.4 Å². The minimum Gasteiger partial charge on any atom is -0.384 e. The molecule has 0 saturated heterocycles. The smallest absolute Gasteiger partial charge is 0.230 e. The van der Waals surface area contributed by atoms with Crippen LogP contribution in [0, 0.1) is 13.8 Å². The summed E-state index contributed by atoms with van der Waals surface area (Å²) in [4.78, 5) is 16.9. The predicted molar refractivity (Wildman–Crippen MR) is 111 cm³/mol. The van der Waals surface area contributed by atoms with Crippen molar-refractivity contribution in [3.63, 3.8) is 0 Å². The summed E-state index contributed by atoms with van der Waals surface area (Å²) in [5.74, 6) is -0.0472. The molecule has 2 aromatic carbocycles. The molecule has 0 atom stereocenters. The van der Waals surface area contributed by atoms with E-state index in [0.29, 0.717) is 18.2 Å². The molecule has 1 aromatic heterocycles. The van der Waals surface area contributed by atoms with Gasteiger partial charge in [0, 0.05) is 18.1 Å². The zero-order valence-corrected chi connectivity index (χ0v) is 16.7. The molecule has 0 saturated carbocycles. The minimum atomic E-state index is -0.0472. The van der Waals surface area contributed by atoms with Crippen LogP contribution < -0.4 is 5.32 Å². The van der Waals surface area contributed by atoms with Crippen LogP contribution in [0.1, 0.15) is 22.3 Å². The van der Waals surface area contributed by atoms with Crippen LogP contribution in [-0.4, -0.2) is 24.6 Å². The van der Waals surface area contributed by atoms with Crippen LogP contribution >= 0.6 is 11.3 Å². The molecule has 0 fully saturated rings. The van der Waals surface area contributed by atoms with Gasteiger partial charge in [-0.15, -0.1) is 11.3 Å². The monoisotopic (exact) mass is 380 g/mol. The largest absolute Gasteiger partial charge is 0.384 e. The number of carbonyl (C=O) groups is 1. The van der Waals surface area contributed by atoms with Crippen LogP contribution in [-0.2, 0) is 22.4 Å². The van der Waals surface area contributed by atoms with E-state index in [4.69, 9.17) is 4.74 Å².